The third kappa shape index (κ3) is 14.4. The first-order valence-corrected chi connectivity index (χ1v) is 10.6. The van der Waals surface area contributed by atoms with E-state index in [-0.39, 0.29) is 5.92 Å². The zero-order valence-electron chi connectivity index (χ0n) is 17.0. The van der Waals surface area contributed by atoms with Crippen LogP contribution in [0.25, 0.3) is 0 Å². The lowest BCUT2D eigenvalue weighted by molar-refractivity contribution is -0.207. The van der Waals surface area contributed by atoms with Crippen molar-refractivity contribution in [1.82, 2.24) is 0 Å². The first kappa shape index (κ1) is 25.3. The molecule has 156 valence electrons. The van der Waals surface area contributed by atoms with E-state index in [0.29, 0.717) is 6.42 Å². The number of carbonyl (C=O) groups is 1. The Morgan fingerprint density at radius 2 is 1.15 bits per heavy atom. The van der Waals surface area contributed by atoms with Crippen molar-refractivity contribution >= 4 is 5.97 Å². The Balaban J connectivity index is 3.58. The number of rotatable bonds is 16. The first-order chi connectivity index (χ1) is 12.3. The molecule has 0 fully saturated rings. The van der Waals surface area contributed by atoms with Gasteiger partial charge in [-0.25, -0.2) is 4.79 Å². The van der Waals surface area contributed by atoms with E-state index in [1.807, 2.05) is 0 Å². The average molecular weight is 381 g/mol. The normalized spacial score (nSPS) is 13.2. The minimum atomic E-state index is -4.90. The van der Waals surface area contributed by atoms with Crippen molar-refractivity contribution in [3.05, 3.63) is 0 Å². The molecule has 0 unspecified atom stereocenters. The molecule has 0 amide bonds. The number of hydrogen-bond acceptors (Lipinski definition) is 2. The Morgan fingerprint density at radius 3 is 1.50 bits per heavy atom. The summed E-state index contributed by atoms with van der Waals surface area (Å²) in [6, 6.07) is 0. The Morgan fingerprint density at radius 1 is 0.769 bits per heavy atom. The van der Waals surface area contributed by atoms with Crippen LogP contribution in [-0.4, -0.2) is 18.2 Å². The highest BCUT2D eigenvalue weighted by Gasteiger charge is 2.42. The largest absolute Gasteiger partial charge is 0.490 e. The van der Waals surface area contributed by atoms with Gasteiger partial charge in [-0.05, 0) is 18.8 Å². The van der Waals surface area contributed by atoms with Crippen molar-refractivity contribution in [3.63, 3.8) is 0 Å². The van der Waals surface area contributed by atoms with Gasteiger partial charge in [0.25, 0.3) is 0 Å². The van der Waals surface area contributed by atoms with Crippen LogP contribution in [0.5, 0.6) is 0 Å². The summed E-state index contributed by atoms with van der Waals surface area (Å²) in [6.45, 7) is 5.81. The van der Waals surface area contributed by atoms with Gasteiger partial charge in [-0.2, -0.15) is 13.2 Å². The monoisotopic (exact) mass is 380 g/mol. The Hall–Kier alpha value is -0.740. The molecule has 0 aromatic rings. The van der Waals surface area contributed by atoms with Gasteiger partial charge in [0.05, 0.1) is 0 Å². The summed E-state index contributed by atoms with van der Waals surface area (Å²) in [6.07, 6.45) is 11.0. The zero-order chi connectivity index (χ0) is 19.8. The molecule has 1 atom stereocenters. The Labute approximate surface area is 158 Å². The number of carbonyl (C=O) groups excluding carboxylic acids is 1. The molecule has 0 aliphatic heterocycles. The third-order valence-electron chi connectivity index (χ3n) is 4.83. The topological polar surface area (TPSA) is 26.3 Å². The van der Waals surface area contributed by atoms with Gasteiger partial charge in [0.15, 0.2) is 0 Å². The van der Waals surface area contributed by atoms with Gasteiger partial charge in [-0.15, -0.1) is 0 Å². The molecule has 0 aliphatic rings. The molecular weight excluding hydrogens is 341 g/mol. The highest BCUT2D eigenvalue weighted by molar-refractivity contribution is 5.75. The van der Waals surface area contributed by atoms with Crippen LogP contribution in [0.2, 0.25) is 0 Å². The minimum absolute atomic E-state index is 0.0985. The molecule has 0 bridgehead atoms. The molecule has 2 nitrogen and oxygen atoms in total. The summed E-state index contributed by atoms with van der Waals surface area (Å²) < 4.78 is 41.5. The summed E-state index contributed by atoms with van der Waals surface area (Å²) in [5.74, 6) is -2.16. The van der Waals surface area contributed by atoms with Gasteiger partial charge in [0.2, 0.25) is 0 Å². The van der Waals surface area contributed by atoms with Crippen molar-refractivity contribution in [3.8, 4) is 0 Å². The number of hydrogen-bond donors (Lipinski definition) is 0. The van der Waals surface area contributed by atoms with Crippen molar-refractivity contribution in [2.24, 2.45) is 5.92 Å². The van der Waals surface area contributed by atoms with Crippen LogP contribution in [0.4, 0.5) is 13.2 Å². The molecule has 0 rings (SSSR count). The molecular formula is C21H39F3O2. The van der Waals surface area contributed by atoms with Gasteiger partial charge < -0.3 is 4.74 Å². The summed E-state index contributed by atoms with van der Waals surface area (Å²) in [7, 11) is 0. The molecule has 5 heteroatoms. The maximum Gasteiger partial charge on any atom is 0.490 e. The number of esters is 1. The quantitative estimate of drug-likeness (QED) is 0.203. The van der Waals surface area contributed by atoms with E-state index in [1.165, 1.54) is 64.2 Å². The third-order valence-corrected chi connectivity index (χ3v) is 4.83. The van der Waals surface area contributed by atoms with Crippen LogP contribution >= 0.6 is 0 Å². The maximum absolute atomic E-state index is 12.3. The van der Waals surface area contributed by atoms with Crippen LogP contribution in [0.3, 0.4) is 0 Å². The van der Waals surface area contributed by atoms with E-state index in [4.69, 9.17) is 0 Å². The average Bonchev–Trinajstić information content (AvgIpc) is 2.56. The van der Waals surface area contributed by atoms with E-state index in [9.17, 15) is 18.0 Å². The van der Waals surface area contributed by atoms with Gasteiger partial charge in [-0.1, -0.05) is 97.8 Å². The molecule has 0 aromatic heterocycles. The number of unbranched alkanes of at least 4 members (excludes halogenated alkanes) is 12. The summed E-state index contributed by atoms with van der Waals surface area (Å²) in [5.41, 5.74) is 0. The van der Waals surface area contributed by atoms with E-state index < -0.39 is 18.2 Å². The smallest absolute Gasteiger partial charge is 0.455 e. The molecule has 0 radical (unpaired) electrons. The zero-order valence-corrected chi connectivity index (χ0v) is 17.0. The Bertz CT molecular complexity index is 341. The molecule has 0 N–H and O–H groups in total. The number of alkyl halides is 3. The van der Waals surface area contributed by atoms with E-state index >= 15 is 0 Å². The standard InChI is InChI=1S/C21H39F3O2/c1-4-5-6-7-8-9-10-11-12-13-14-15-16-17-19(18(2)3)26-20(25)21(22,23)24/h18-19H,4-17H2,1-3H3/t19-/m0/s1. The fraction of sp³-hybridized carbons (Fsp3) is 0.952. The van der Waals surface area contributed by atoms with Crippen molar-refractivity contribution in [1.29, 1.82) is 0 Å². The Kier molecular flexibility index (Phi) is 14.9. The van der Waals surface area contributed by atoms with Gasteiger partial charge in [0.1, 0.15) is 6.10 Å². The lowest BCUT2D eigenvalue weighted by atomic mass is 9.99. The van der Waals surface area contributed by atoms with E-state index in [1.54, 1.807) is 13.8 Å². The van der Waals surface area contributed by atoms with Crippen LogP contribution in [-0.2, 0) is 9.53 Å². The van der Waals surface area contributed by atoms with E-state index in [2.05, 4.69) is 11.7 Å². The molecule has 0 heterocycles. The van der Waals surface area contributed by atoms with Crippen molar-refractivity contribution < 1.29 is 22.7 Å². The summed E-state index contributed by atoms with van der Waals surface area (Å²) in [5, 5.41) is 0. The summed E-state index contributed by atoms with van der Waals surface area (Å²) in [4.78, 5) is 11.0. The van der Waals surface area contributed by atoms with Gasteiger partial charge in [-0.3, -0.25) is 0 Å². The molecule has 0 spiro atoms. The second-order valence-electron chi connectivity index (χ2n) is 7.72. The minimum Gasteiger partial charge on any atom is -0.455 e. The van der Waals surface area contributed by atoms with Gasteiger partial charge in [0, 0.05) is 0 Å². The van der Waals surface area contributed by atoms with Crippen molar-refractivity contribution in [2.45, 2.75) is 123 Å². The highest BCUT2D eigenvalue weighted by atomic mass is 19.4. The second-order valence-corrected chi connectivity index (χ2v) is 7.72. The van der Waals surface area contributed by atoms with Crippen molar-refractivity contribution in [2.75, 3.05) is 0 Å². The summed E-state index contributed by atoms with van der Waals surface area (Å²) >= 11 is 0. The van der Waals surface area contributed by atoms with Crippen LogP contribution in [0.1, 0.15) is 111 Å². The molecule has 0 aliphatic carbocycles. The highest BCUT2D eigenvalue weighted by Crippen LogP contribution is 2.22. The molecule has 0 aromatic carbocycles. The number of halogens is 3. The lowest BCUT2D eigenvalue weighted by Gasteiger charge is -2.22. The van der Waals surface area contributed by atoms with Crippen LogP contribution < -0.4 is 0 Å². The van der Waals surface area contributed by atoms with Crippen LogP contribution in [0, 0.1) is 5.92 Å². The van der Waals surface area contributed by atoms with Gasteiger partial charge >= 0.3 is 12.1 Å². The fourth-order valence-corrected chi connectivity index (χ4v) is 3.10. The maximum atomic E-state index is 12.3. The fourth-order valence-electron chi connectivity index (χ4n) is 3.10. The second kappa shape index (κ2) is 15.3. The van der Waals surface area contributed by atoms with E-state index in [0.717, 1.165) is 19.3 Å². The van der Waals surface area contributed by atoms with Crippen LogP contribution in [0.15, 0.2) is 0 Å². The number of ether oxygens (including phenoxy) is 1. The molecule has 26 heavy (non-hydrogen) atoms. The SMILES string of the molecule is CCCCCCCCCCCCCCC[C@H](OC(=O)C(F)(F)F)C(C)C. The lowest BCUT2D eigenvalue weighted by Crippen LogP contribution is -2.32. The predicted octanol–water partition coefficient (Wildman–Crippen LogP) is 7.60. The molecule has 0 saturated heterocycles. The first-order valence-electron chi connectivity index (χ1n) is 10.6. The predicted molar refractivity (Wildman–Crippen MR) is 101 cm³/mol. The molecule has 0 saturated carbocycles.